The molecular weight excluding hydrogens is 651 g/mol. The maximum atomic E-state index is 13.1. The molecule has 4 rings (SSSR count). The van der Waals surface area contributed by atoms with Crippen LogP contribution in [0.25, 0.3) is 0 Å². The third-order valence-corrected chi connectivity index (χ3v) is 8.19. The van der Waals surface area contributed by atoms with Crippen LogP contribution in [-0.4, -0.2) is 66.5 Å². The maximum absolute atomic E-state index is 13.1. The molecule has 16 heteroatoms. The number of sulfone groups is 1. The molecule has 0 unspecified atom stereocenters. The number of imide groups is 1. The van der Waals surface area contributed by atoms with E-state index in [0.29, 0.717) is 4.90 Å². The lowest BCUT2D eigenvalue weighted by Gasteiger charge is -2.24. The third-order valence-electron chi connectivity index (χ3n) is 6.19. The molecule has 224 valence electrons. The quantitative estimate of drug-likeness (QED) is 0.0873. The summed E-state index contributed by atoms with van der Waals surface area (Å²) >= 11 is 18.0. The summed E-state index contributed by atoms with van der Waals surface area (Å²) in [6.07, 6.45) is 0.428. The van der Waals surface area contributed by atoms with Gasteiger partial charge in [0.25, 0.3) is 11.8 Å². The number of esters is 1. The van der Waals surface area contributed by atoms with Crippen molar-refractivity contribution in [1.82, 2.24) is 4.90 Å². The third kappa shape index (κ3) is 7.13. The van der Waals surface area contributed by atoms with Gasteiger partial charge in [-0.3, -0.25) is 29.4 Å². The van der Waals surface area contributed by atoms with Crippen molar-refractivity contribution in [3.05, 3.63) is 96.5 Å². The van der Waals surface area contributed by atoms with E-state index in [2.05, 4.69) is 0 Å². The van der Waals surface area contributed by atoms with Crippen molar-refractivity contribution in [2.24, 2.45) is 0 Å². The van der Waals surface area contributed by atoms with Gasteiger partial charge in [-0.05, 0) is 48.9 Å². The van der Waals surface area contributed by atoms with Crippen LogP contribution in [0, 0.1) is 10.1 Å². The first-order chi connectivity index (χ1) is 20.2. The fourth-order valence-corrected chi connectivity index (χ4v) is 5.29. The molecule has 1 heterocycles. The largest absolute Gasteiger partial charge is 0.456 e. The summed E-state index contributed by atoms with van der Waals surface area (Å²) in [6.45, 7) is -0.814. The van der Waals surface area contributed by atoms with Gasteiger partial charge in [0.15, 0.2) is 12.4 Å². The smallest absolute Gasteiger partial charge is 0.329 e. The second-order valence-electron chi connectivity index (χ2n) is 9.23. The number of nitro benzene ring substituents is 1. The highest BCUT2D eigenvalue weighted by Crippen LogP contribution is 2.38. The van der Waals surface area contributed by atoms with Crippen LogP contribution < -0.4 is 4.74 Å². The van der Waals surface area contributed by atoms with Crippen LogP contribution in [-0.2, 0) is 19.4 Å². The van der Waals surface area contributed by atoms with E-state index in [-0.39, 0.29) is 48.9 Å². The number of para-hydroxylation sites is 1. The summed E-state index contributed by atoms with van der Waals surface area (Å²) in [5.41, 5.74) is -0.560. The van der Waals surface area contributed by atoms with Crippen molar-refractivity contribution in [3.8, 4) is 11.5 Å². The first-order valence-corrected chi connectivity index (χ1v) is 15.3. The Labute approximate surface area is 259 Å². The number of ether oxygens (including phenoxy) is 2. The number of carbonyl (C=O) groups excluding carboxylic acids is 4. The van der Waals surface area contributed by atoms with Crippen LogP contribution in [0.1, 0.15) is 37.5 Å². The normalized spacial score (nSPS) is 13.4. The number of carbonyl (C=O) groups is 4. The number of fused-ring (bicyclic) bond motifs is 1. The maximum Gasteiger partial charge on any atom is 0.329 e. The average molecular weight is 670 g/mol. The predicted octanol–water partition coefficient (Wildman–Crippen LogP) is 5.17. The monoisotopic (exact) mass is 668 g/mol. The molecule has 1 aliphatic heterocycles. The van der Waals surface area contributed by atoms with Crippen molar-refractivity contribution < 1.29 is 42.0 Å². The molecule has 0 bridgehead atoms. The van der Waals surface area contributed by atoms with Crippen LogP contribution in [0.5, 0.6) is 11.5 Å². The number of halogens is 3. The standard InChI is InChI=1S/C27H19Cl3N2O10S/c1-43(39,40)10-9-22(31-25(34)16-11-19(29)20(30)12-17(16)26(31)35)27(36)41-13-23(33)14-5-7-15(8-6-14)42-24-18(28)3-2-4-21(24)32(37)38/h2-8,11-12,22H,9-10,13H2,1H3/t22-/m0/s1. The molecule has 3 aromatic carbocycles. The molecule has 2 amide bonds. The SMILES string of the molecule is CS(=O)(=O)CC[C@@H](C(=O)OCC(=O)c1ccc(Oc2c(Cl)cccc2[N+](=O)[O-])cc1)N1C(=O)c2cc(Cl)c(Cl)cc2C1=O. The Kier molecular flexibility index (Phi) is 9.40. The Hall–Kier alpha value is -4.04. The highest BCUT2D eigenvalue weighted by atomic mass is 35.5. The van der Waals surface area contributed by atoms with Crippen molar-refractivity contribution in [2.75, 3.05) is 18.6 Å². The van der Waals surface area contributed by atoms with E-state index in [4.69, 9.17) is 44.3 Å². The van der Waals surface area contributed by atoms with E-state index in [9.17, 15) is 37.7 Å². The Bertz CT molecular complexity index is 1740. The van der Waals surface area contributed by atoms with Crippen LogP contribution in [0.4, 0.5) is 5.69 Å². The Morgan fingerprint density at radius 2 is 1.53 bits per heavy atom. The first-order valence-electron chi connectivity index (χ1n) is 12.1. The summed E-state index contributed by atoms with van der Waals surface area (Å²) in [5, 5.41) is 11.3. The molecule has 3 aromatic rings. The van der Waals surface area contributed by atoms with Crippen molar-refractivity contribution in [3.63, 3.8) is 0 Å². The van der Waals surface area contributed by atoms with Crippen LogP contribution in [0.2, 0.25) is 15.1 Å². The number of hydrogen-bond acceptors (Lipinski definition) is 10. The summed E-state index contributed by atoms with van der Waals surface area (Å²) in [4.78, 5) is 63.1. The van der Waals surface area contributed by atoms with Gasteiger partial charge in [-0.25, -0.2) is 13.2 Å². The Balaban J connectivity index is 1.48. The lowest BCUT2D eigenvalue weighted by molar-refractivity contribution is -0.385. The topological polar surface area (TPSA) is 167 Å². The molecule has 0 fully saturated rings. The fourth-order valence-electron chi connectivity index (χ4n) is 4.10. The number of rotatable bonds is 11. The predicted molar refractivity (Wildman–Crippen MR) is 155 cm³/mol. The number of nitro groups is 1. The molecule has 0 aliphatic carbocycles. The molecule has 12 nitrogen and oxygen atoms in total. The summed E-state index contributed by atoms with van der Waals surface area (Å²) in [5.74, 6) is -4.33. The number of Topliss-reactive ketones (excluding diaryl/α,β-unsaturated/α-hetero) is 1. The van der Waals surface area contributed by atoms with E-state index in [0.717, 1.165) is 6.26 Å². The molecule has 0 N–H and O–H groups in total. The van der Waals surface area contributed by atoms with E-state index < -0.39 is 63.1 Å². The van der Waals surface area contributed by atoms with Gasteiger partial charge in [-0.2, -0.15) is 0 Å². The average Bonchev–Trinajstić information content (AvgIpc) is 3.17. The number of hydrogen-bond donors (Lipinski definition) is 0. The zero-order valence-electron chi connectivity index (χ0n) is 21.9. The lowest BCUT2D eigenvalue weighted by atomic mass is 10.1. The highest BCUT2D eigenvalue weighted by Gasteiger charge is 2.44. The first kappa shape index (κ1) is 31.9. The zero-order valence-corrected chi connectivity index (χ0v) is 25.0. The van der Waals surface area contributed by atoms with Gasteiger partial charge in [0.05, 0.1) is 36.9 Å². The van der Waals surface area contributed by atoms with Crippen LogP contribution in [0.3, 0.4) is 0 Å². The zero-order chi connectivity index (χ0) is 31.6. The molecule has 0 spiro atoms. The molecule has 0 aromatic heterocycles. The Morgan fingerprint density at radius 3 is 2.07 bits per heavy atom. The van der Waals surface area contributed by atoms with Crippen molar-refractivity contribution in [1.29, 1.82) is 0 Å². The summed E-state index contributed by atoms with van der Waals surface area (Å²) in [6, 6.07) is 9.97. The molecule has 0 saturated heterocycles. The summed E-state index contributed by atoms with van der Waals surface area (Å²) < 4.78 is 34.3. The number of nitrogens with zero attached hydrogens (tertiary/aromatic N) is 2. The lowest BCUT2D eigenvalue weighted by Crippen LogP contribution is -2.46. The number of ketones is 1. The van der Waals surface area contributed by atoms with E-state index in [1.807, 2.05) is 0 Å². The molecule has 1 atom stereocenters. The second kappa shape index (κ2) is 12.7. The minimum Gasteiger partial charge on any atom is -0.456 e. The fraction of sp³-hybridized carbons (Fsp3) is 0.185. The van der Waals surface area contributed by atoms with Gasteiger partial charge >= 0.3 is 11.7 Å². The minimum absolute atomic E-state index is 0.00375. The second-order valence-corrected chi connectivity index (χ2v) is 12.7. The molecular formula is C27H19Cl3N2O10S. The number of amides is 2. The van der Waals surface area contributed by atoms with Gasteiger partial charge in [0, 0.05) is 17.9 Å². The number of benzene rings is 3. The van der Waals surface area contributed by atoms with Gasteiger partial charge in [-0.15, -0.1) is 0 Å². The Morgan fingerprint density at radius 1 is 0.953 bits per heavy atom. The van der Waals surface area contributed by atoms with Crippen molar-refractivity contribution in [2.45, 2.75) is 12.5 Å². The van der Waals surface area contributed by atoms with Crippen LogP contribution in [0.15, 0.2) is 54.6 Å². The van der Waals surface area contributed by atoms with Gasteiger partial charge in [0.2, 0.25) is 5.75 Å². The molecule has 0 radical (unpaired) electrons. The highest BCUT2D eigenvalue weighted by molar-refractivity contribution is 7.90. The van der Waals surface area contributed by atoms with Gasteiger partial charge in [0.1, 0.15) is 21.6 Å². The van der Waals surface area contributed by atoms with E-state index in [1.54, 1.807) is 0 Å². The molecule has 43 heavy (non-hydrogen) atoms. The van der Waals surface area contributed by atoms with E-state index >= 15 is 0 Å². The van der Waals surface area contributed by atoms with Crippen LogP contribution >= 0.6 is 34.8 Å². The minimum atomic E-state index is -3.63. The summed E-state index contributed by atoms with van der Waals surface area (Å²) in [7, 11) is -3.63. The van der Waals surface area contributed by atoms with Gasteiger partial charge < -0.3 is 9.47 Å². The van der Waals surface area contributed by atoms with Crippen molar-refractivity contribution >= 4 is 73.9 Å². The van der Waals surface area contributed by atoms with E-state index in [1.165, 1.54) is 54.6 Å². The molecule has 0 saturated carbocycles. The van der Waals surface area contributed by atoms with Gasteiger partial charge in [-0.1, -0.05) is 40.9 Å². The molecule has 1 aliphatic rings.